The summed E-state index contributed by atoms with van der Waals surface area (Å²) in [5.41, 5.74) is 0. The zero-order chi connectivity index (χ0) is 51.0. The molecule has 410 valence electrons. The summed E-state index contributed by atoms with van der Waals surface area (Å²) in [5, 5.41) is 64.9. The van der Waals surface area contributed by atoms with E-state index in [2.05, 4.69) is 55.6 Å². The Labute approximate surface area is 429 Å². The zero-order valence-corrected chi connectivity index (χ0v) is 45.1. The van der Waals surface area contributed by atoms with Gasteiger partial charge in [0.15, 0.2) is 6.29 Å². The highest BCUT2D eigenvalue weighted by molar-refractivity contribution is 5.80. The van der Waals surface area contributed by atoms with E-state index in [4.69, 9.17) is 9.47 Å². The lowest BCUT2D eigenvalue weighted by molar-refractivity contribution is -0.302. The van der Waals surface area contributed by atoms with Crippen LogP contribution >= 0.6 is 0 Å². The summed E-state index contributed by atoms with van der Waals surface area (Å²) in [4.78, 5) is 13.1. The van der Waals surface area contributed by atoms with Crippen LogP contribution in [0.3, 0.4) is 0 Å². The second-order valence-corrected chi connectivity index (χ2v) is 20.6. The quantitative estimate of drug-likeness (QED) is 0.0232. The number of hydrogen-bond donors (Lipinski definition) is 7. The third-order valence-electron chi connectivity index (χ3n) is 14.0. The predicted octanol–water partition coefficient (Wildman–Crippen LogP) is 13.5. The molecule has 10 heteroatoms. The fourth-order valence-electron chi connectivity index (χ4n) is 9.21. The maximum atomic E-state index is 13.1. The molecule has 1 rings (SSSR count). The van der Waals surface area contributed by atoms with Gasteiger partial charge in [0.1, 0.15) is 30.5 Å². The van der Waals surface area contributed by atoms with Gasteiger partial charge in [0, 0.05) is 0 Å². The number of amides is 1. The molecular formula is C60H111NO9. The van der Waals surface area contributed by atoms with Crippen molar-refractivity contribution in [1.82, 2.24) is 5.32 Å². The molecule has 0 aromatic heterocycles. The van der Waals surface area contributed by atoms with E-state index in [1.165, 1.54) is 193 Å². The van der Waals surface area contributed by atoms with Gasteiger partial charge < -0.3 is 45.4 Å². The molecule has 0 bridgehead atoms. The Hall–Kier alpha value is -1.89. The second-order valence-electron chi connectivity index (χ2n) is 20.6. The molecule has 1 saturated heterocycles. The molecule has 10 nitrogen and oxygen atoms in total. The lowest BCUT2D eigenvalue weighted by atomic mass is 9.99. The minimum atomic E-state index is -1.62. The van der Waals surface area contributed by atoms with E-state index in [0.717, 1.165) is 38.5 Å². The van der Waals surface area contributed by atoms with Crippen LogP contribution in [0, 0.1) is 0 Å². The van der Waals surface area contributed by atoms with Crippen molar-refractivity contribution in [2.24, 2.45) is 0 Å². The first-order valence-corrected chi connectivity index (χ1v) is 29.5. The molecule has 1 heterocycles. The highest BCUT2D eigenvalue weighted by atomic mass is 16.7. The van der Waals surface area contributed by atoms with Crippen molar-refractivity contribution in [2.75, 3.05) is 13.2 Å². The molecule has 0 aromatic rings. The van der Waals surface area contributed by atoms with Crippen molar-refractivity contribution in [2.45, 2.75) is 313 Å². The SMILES string of the molecule is CCCCCCCCC/C=C/CC/C=C/C(O)C(COC1OC(CO)C(O)C(O)C1O)NC(=O)C(O)CCCCCCCCCCCCCCCCCC/C=C\C/C=C\CCCCCCCCCCC. The topological polar surface area (TPSA) is 169 Å². The predicted molar refractivity (Wildman–Crippen MR) is 292 cm³/mol. The minimum absolute atomic E-state index is 0.304. The summed E-state index contributed by atoms with van der Waals surface area (Å²) in [6.45, 7) is 3.60. The Morgan fingerprint density at radius 2 is 0.886 bits per heavy atom. The Morgan fingerprint density at radius 1 is 0.500 bits per heavy atom. The molecule has 70 heavy (non-hydrogen) atoms. The number of ether oxygens (including phenoxy) is 2. The molecule has 8 atom stereocenters. The van der Waals surface area contributed by atoms with Gasteiger partial charge in [-0.3, -0.25) is 4.79 Å². The van der Waals surface area contributed by atoms with Gasteiger partial charge in [0.25, 0.3) is 0 Å². The fraction of sp³-hybridized carbons (Fsp3) is 0.850. The lowest BCUT2D eigenvalue weighted by Gasteiger charge is -2.40. The van der Waals surface area contributed by atoms with Gasteiger partial charge >= 0.3 is 0 Å². The zero-order valence-electron chi connectivity index (χ0n) is 45.1. The number of aliphatic hydroxyl groups excluding tert-OH is 6. The number of unbranched alkanes of at least 4 members (excludes halogenated alkanes) is 33. The van der Waals surface area contributed by atoms with E-state index in [0.29, 0.717) is 19.3 Å². The molecule has 1 aliphatic heterocycles. The fourth-order valence-corrected chi connectivity index (χ4v) is 9.21. The molecule has 0 aliphatic carbocycles. The normalized spacial score (nSPS) is 20.1. The summed E-state index contributed by atoms with van der Waals surface area (Å²) in [7, 11) is 0. The number of hydrogen-bond acceptors (Lipinski definition) is 9. The van der Waals surface area contributed by atoms with Gasteiger partial charge in [0.05, 0.1) is 25.4 Å². The van der Waals surface area contributed by atoms with Crippen molar-refractivity contribution >= 4 is 5.91 Å². The first-order valence-electron chi connectivity index (χ1n) is 29.5. The van der Waals surface area contributed by atoms with Gasteiger partial charge in [-0.25, -0.2) is 0 Å². The number of carbonyl (C=O) groups is 1. The van der Waals surface area contributed by atoms with Crippen LogP contribution in [-0.4, -0.2) is 98.7 Å². The second kappa shape index (κ2) is 49.3. The molecule has 0 aromatic carbocycles. The van der Waals surface area contributed by atoms with Gasteiger partial charge in [-0.15, -0.1) is 0 Å². The largest absolute Gasteiger partial charge is 0.394 e. The summed E-state index contributed by atoms with van der Waals surface area (Å²) >= 11 is 0. The smallest absolute Gasteiger partial charge is 0.249 e. The number of rotatable bonds is 50. The van der Waals surface area contributed by atoms with E-state index in [1.54, 1.807) is 6.08 Å². The van der Waals surface area contributed by atoms with Gasteiger partial charge in [-0.05, 0) is 64.2 Å². The first-order chi connectivity index (χ1) is 34.3. The molecule has 1 amide bonds. The maximum Gasteiger partial charge on any atom is 0.249 e. The molecule has 0 spiro atoms. The molecule has 0 radical (unpaired) electrons. The van der Waals surface area contributed by atoms with Crippen LogP contribution in [0.2, 0.25) is 0 Å². The molecular weight excluding hydrogens is 879 g/mol. The Balaban J connectivity index is 2.17. The van der Waals surface area contributed by atoms with Crippen LogP contribution in [-0.2, 0) is 14.3 Å². The van der Waals surface area contributed by atoms with Crippen molar-refractivity contribution in [3.63, 3.8) is 0 Å². The summed E-state index contributed by atoms with van der Waals surface area (Å²) in [6, 6.07) is -0.997. The van der Waals surface area contributed by atoms with Crippen molar-refractivity contribution in [3.8, 4) is 0 Å². The highest BCUT2D eigenvalue weighted by Crippen LogP contribution is 2.23. The number of allylic oxidation sites excluding steroid dienone is 7. The number of carbonyl (C=O) groups excluding carboxylic acids is 1. The third-order valence-corrected chi connectivity index (χ3v) is 14.0. The lowest BCUT2D eigenvalue weighted by Crippen LogP contribution is -2.60. The monoisotopic (exact) mass is 990 g/mol. The molecule has 0 saturated carbocycles. The standard InChI is InChI=1S/C60H111NO9/c1-3-5-7-9-11-13-15-17-18-19-20-21-22-23-24-25-26-27-28-29-30-31-32-33-34-35-37-39-41-43-45-47-49-54(64)59(68)61-52(51-69-60-58(67)57(66)56(65)55(50-62)70-60)53(63)48-46-44-42-40-38-36-16-14-12-10-8-6-4-2/h20-21,23-24,38,40,46,48,52-58,60,62-67H,3-19,22,25-37,39,41-45,47,49-51H2,1-2H3,(H,61,68)/b21-20-,24-23-,40-38+,48-46+. The van der Waals surface area contributed by atoms with Crippen LogP contribution < -0.4 is 5.32 Å². The van der Waals surface area contributed by atoms with Crippen LogP contribution in [0.15, 0.2) is 48.6 Å². The van der Waals surface area contributed by atoms with Crippen molar-refractivity contribution < 1.29 is 44.9 Å². The summed E-state index contributed by atoms with van der Waals surface area (Å²) in [6.07, 6.45) is 55.2. The van der Waals surface area contributed by atoms with Crippen LogP contribution in [0.25, 0.3) is 0 Å². The van der Waals surface area contributed by atoms with Gasteiger partial charge in [0.2, 0.25) is 5.91 Å². The minimum Gasteiger partial charge on any atom is -0.394 e. The third kappa shape index (κ3) is 37.8. The van der Waals surface area contributed by atoms with E-state index < -0.39 is 61.5 Å². The van der Waals surface area contributed by atoms with E-state index >= 15 is 0 Å². The molecule has 8 unspecified atom stereocenters. The maximum absolute atomic E-state index is 13.1. The number of aliphatic hydroxyl groups is 6. The van der Waals surface area contributed by atoms with Crippen molar-refractivity contribution in [1.29, 1.82) is 0 Å². The van der Waals surface area contributed by atoms with Gasteiger partial charge in [-0.2, -0.15) is 0 Å². The summed E-state index contributed by atoms with van der Waals surface area (Å²) in [5.74, 6) is -0.625. The van der Waals surface area contributed by atoms with Crippen LogP contribution in [0.5, 0.6) is 0 Å². The van der Waals surface area contributed by atoms with E-state index in [-0.39, 0.29) is 6.61 Å². The summed E-state index contributed by atoms with van der Waals surface area (Å²) < 4.78 is 11.2. The van der Waals surface area contributed by atoms with E-state index in [9.17, 15) is 35.4 Å². The van der Waals surface area contributed by atoms with E-state index in [1.807, 2.05) is 6.08 Å². The van der Waals surface area contributed by atoms with Crippen molar-refractivity contribution in [3.05, 3.63) is 48.6 Å². The number of nitrogens with one attached hydrogen (secondary N) is 1. The average molecular weight is 991 g/mol. The molecule has 1 aliphatic rings. The Bertz CT molecular complexity index is 1260. The average Bonchev–Trinajstić information content (AvgIpc) is 3.36. The molecule has 1 fully saturated rings. The van der Waals surface area contributed by atoms with Gasteiger partial charge in [-0.1, -0.05) is 249 Å². The molecule has 7 N–H and O–H groups in total. The Kier molecular flexibility index (Phi) is 46.6. The van der Waals surface area contributed by atoms with Crippen LogP contribution in [0.4, 0.5) is 0 Å². The van der Waals surface area contributed by atoms with Crippen LogP contribution in [0.1, 0.15) is 264 Å². The highest BCUT2D eigenvalue weighted by Gasteiger charge is 2.44. The first kappa shape index (κ1) is 66.1. The Morgan fingerprint density at radius 3 is 1.33 bits per heavy atom.